The number of nitrogens with zero attached hydrogens (tertiary/aromatic N) is 3. The number of likely N-dealkylation sites (N-methyl/N-ethyl adjacent to an activating group) is 1. The van der Waals surface area contributed by atoms with Crippen LogP contribution in [-0.2, 0) is 24.3 Å². The van der Waals surface area contributed by atoms with Gasteiger partial charge >= 0.3 is 0 Å². The van der Waals surface area contributed by atoms with Crippen LogP contribution in [0.2, 0.25) is 0 Å². The van der Waals surface area contributed by atoms with Gasteiger partial charge in [0.2, 0.25) is 21.8 Å². The van der Waals surface area contributed by atoms with Gasteiger partial charge in [0.15, 0.2) is 0 Å². The van der Waals surface area contributed by atoms with E-state index in [0.29, 0.717) is 32.0 Å². The Morgan fingerprint density at radius 3 is 2.30 bits per heavy atom. The van der Waals surface area contributed by atoms with E-state index in [1.807, 2.05) is 30.3 Å². The minimum Gasteiger partial charge on any atom is -0.379 e. The summed E-state index contributed by atoms with van der Waals surface area (Å²) < 4.78 is 33.4. The molecule has 2 aromatic carbocycles. The minimum absolute atomic E-state index is 0.00616. The average molecular weight is 530 g/mol. The van der Waals surface area contributed by atoms with Crippen LogP contribution < -0.4 is 15.5 Å². The first-order valence-corrected chi connectivity index (χ1v) is 14.0. The molecule has 2 aromatic rings. The number of piperazine rings is 1. The van der Waals surface area contributed by atoms with Gasteiger partial charge in [-0.05, 0) is 30.8 Å². The number of hydrogen-bond donors (Lipinski definition) is 2. The molecule has 2 heterocycles. The topological polar surface area (TPSA) is 111 Å². The van der Waals surface area contributed by atoms with Crippen LogP contribution in [0.5, 0.6) is 0 Å². The van der Waals surface area contributed by atoms with Crippen LogP contribution in [0.3, 0.4) is 0 Å². The van der Waals surface area contributed by atoms with E-state index in [4.69, 9.17) is 4.74 Å². The molecule has 0 radical (unpaired) electrons. The molecular weight excluding hydrogens is 494 g/mol. The standard InChI is InChI=1S/C26H35N5O5S/c1-20(32)27-23(21-6-4-3-5-7-21)19-26(33)28-24-18-22(37(34,35)31-14-16-36-17-15-31)8-9-25(24)30-12-10-29(2)11-13-30/h3-9,18,23H,10-17,19H2,1-2H3,(H,27,32)(H,28,33)/t23-/m0/s1. The monoisotopic (exact) mass is 529 g/mol. The lowest BCUT2D eigenvalue weighted by atomic mass is 10.0. The molecule has 4 rings (SSSR count). The molecule has 10 nitrogen and oxygen atoms in total. The van der Waals surface area contributed by atoms with Gasteiger partial charge < -0.3 is 25.2 Å². The third kappa shape index (κ3) is 6.86. The Morgan fingerprint density at radius 1 is 0.973 bits per heavy atom. The van der Waals surface area contributed by atoms with Gasteiger partial charge in [-0.15, -0.1) is 0 Å². The van der Waals surface area contributed by atoms with Gasteiger partial charge in [-0.2, -0.15) is 4.31 Å². The number of rotatable bonds is 8. The molecule has 11 heteroatoms. The quantitative estimate of drug-likeness (QED) is 0.535. The van der Waals surface area contributed by atoms with Gasteiger partial charge in [-0.3, -0.25) is 9.59 Å². The fourth-order valence-electron chi connectivity index (χ4n) is 4.60. The summed E-state index contributed by atoms with van der Waals surface area (Å²) in [5.74, 6) is -0.558. The second kappa shape index (κ2) is 12.0. The Hall–Kier alpha value is -2.99. The van der Waals surface area contributed by atoms with Crippen molar-refractivity contribution in [3.8, 4) is 0 Å². The van der Waals surface area contributed by atoms with Crippen molar-refractivity contribution in [2.45, 2.75) is 24.3 Å². The van der Waals surface area contributed by atoms with Crippen molar-refractivity contribution in [2.75, 3.05) is 69.7 Å². The highest BCUT2D eigenvalue weighted by atomic mass is 32.2. The summed E-state index contributed by atoms with van der Waals surface area (Å²) >= 11 is 0. The zero-order valence-electron chi connectivity index (χ0n) is 21.4. The fourth-order valence-corrected chi connectivity index (χ4v) is 6.04. The van der Waals surface area contributed by atoms with Crippen LogP contribution >= 0.6 is 0 Å². The van der Waals surface area contributed by atoms with Crippen LogP contribution in [0.4, 0.5) is 11.4 Å². The number of amides is 2. The summed E-state index contributed by atoms with van der Waals surface area (Å²) in [7, 11) is -1.68. The number of carbonyl (C=O) groups excluding carboxylic acids is 2. The molecule has 0 spiro atoms. The zero-order chi connectivity index (χ0) is 26.4. The minimum atomic E-state index is -3.74. The van der Waals surface area contributed by atoms with Crippen molar-refractivity contribution in [2.24, 2.45) is 0 Å². The van der Waals surface area contributed by atoms with E-state index in [1.54, 1.807) is 18.2 Å². The summed E-state index contributed by atoms with van der Waals surface area (Å²) in [6.07, 6.45) is 0.00616. The maximum absolute atomic E-state index is 13.3. The summed E-state index contributed by atoms with van der Waals surface area (Å²) in [6, 6.07) is 13.7. The van der Waals surface area contributed by atoms with Gasteiger partial charge in [0, 0.05) is 46.2 Å². The van der Waals surface area contributed by atoms with Crippen LogP contribution in [-0.4, -0.2) is 89.0 Å². The summed E-state index contributed by atoms with van der Waals surface area (Å²) in [5, 5.41) is 5.80. The molecule has 0 saturated carbocycles. The van der Waals surface area contributed by atoms with Crippen molar-refractivity contribution in [1.82, 2.24) is 14.5 Å². The normalized spacial score (nSPS) is 18.3. The fraction of sp³-hybridized carbons (Fsp3) is 0.462. The highest BCUT2D eigenvalue weighted by Gasteiger charge is 2.28. The van der Waals surface area contributed by atoms with E-state index >= 15 is 0 Å². The Labute approximate surface area is 218 Å². The molecule has 2 aliphatic heterocycles. The number of morpholine rings is 1. The van der Waals surface area contributed by atoms with Crippen LogP contribution in [0.25, 0.3) is 0 Å². The molecule has 0 unspecified atom stereocenters. The van der Waals surface area contributed by atoms with E-state index in [-0.39, 0.29) is 23.1 Å². The molecule has 2 N–H and O–H groups in total. The Kier molecular flexibility index (Phi) is 8.80. The molecule has 2 fully saturated rings. The van der Waals surface area contributed by atoms with Crippen LogP contribution in [0.1, 0.15) is 24.9 Å². The summed E-state index contributed by atoms with van der Waals surface area (Å²) in [4.78, 5) is 29.6. The number of anilines is 2. The van der Waals surface area contributed by atoms with Crippen molar-refractivity contribution in [3.05, 3.63) is 54.1 Å². The first-order chi connectivity index (χ1) is 17.7. The Balaban J connectivity index is 1.61. The third-order valence-corrected chi connectivity index (χ3v) is 8.56. The SMILES string of the molecule is CC(=O)N[C@@H](CC(=O)Nc1cc(S(=O)(=O)N2CCOCC2)ccc1N1CCN(C)CC1)c1ccccc1. The molecule has 2 aliphatic rings. The molecular formula is C26H35N5O5S. The average Bonchev–Trinajstić information content (AvgIpc) is 2.89. The first-order valence-electron chi connectivity index (χ1n) is 12.5. The van der Waals surface area contributed by atoms with E-state index in [1.165, 1.54) is 11.2 Å². The number of hydrogen-bond acceptors (Lipinski definition) is 7. The van der Waals surface area contributed by atoms with E-state index < -0.39 is 16.1 Å². The van der Waals surface area contributed by atoms with Crippen molar-refractivity contribution in [1.29, 1.82) is 0 Å². The Morgan fingerprint density at radius 2 is 1.65 bits per heavy atom. The molecule has 37 heavy (non-hydrogen) atoms. The molecule has 200 valence electrons. The van der Waals surface area contributed by atoms with Gasteiger partial charge in [-0.1, -0.05) is 30.3 Å². The number of sulfonamides is 1. The number of nitrogens with one attached hydrogen (secondary N) is 2. The highest BCUT2D eigenvalue weighted by molar-refractivity contribution is 7.89. The lowest BCUT2D eigenvalue weighted by Gasteiger charge is -2.35. The molecule has 2 saturated heterocycles. The summed E-state index contributed by atoms with van der Waals surface area (Å²) in [5.41, 5.74) is 2.03. The van der Waals surface area contributed by atoms with Gasteiger partial charge in [0.1, 0.15) is 0 Å². The number of ether oxygens (including phenoxy) is 1. The lowest BCUT2D eigenvalue weighted by molar-refractivity contribution is -0.120. The van der Waals surface area contributed by atoms with Crippen LogP contribution in [0.15, 0.2) is 53.4 Å². The van der Waals surface area contributed by atoms with Gasteiger partial charge in [-0.25, -0.2) is 8.42 Å². The van der Waals surface area contributed by atoms with Gasteiger partial charge in [0.05, 0.1) is 41.9 Å². The summed E-state index contributed by atoms with van der Waals surface area (Å²) in [6.45, 7) is 5.94. The maximum atomic E-state index is 13.3. The smallest absolute Gasteiger partial charge is 0.243 e. The number of benzene rings is 2. The Bertz CT molecular complexity index is 1190. The first kappa shape index (κ1) is 27.1. The lowest BCUT2D eigenvalue weighted by Crippen LogP contribution is -2.45. The second-order valence-electron chi connectivity index (χ2n) is 9.40. The van der Waals surface area contributed by atoms with Crippen molar-refractivity contribution in [3.63, 3.8) is 0 Å². The largest absolute Gasteiger partial charge is 0.379 e. The maximum Gasteiger partial charge on any atom is 0.243 e. The zero-order valence-corrected chi connectivity index (χ0v) is 22.2. The predicted octanol–water partition coefficient (Wildman–Crippen LogP) is 1.67. The number of carbonyl (C=O) groups is 2. The molecule has 0 aromatic heterocycles. The third-order valence-electron chi connectivity index (χ3n) is 6.66. The van der Waals surface area contributed by atoms with Crippen molar-refractivity contribution >= 4 is 33.2 Å². The second-order valence-corrected chi connectivity index (χ2v) is 11.3. The van der Waals surface area contributed by atoms with E-state index in [0.717, 1.165) is 37.4 Å². The molecule has 2 amide bonds. The highest BCUT2D eigenvalue weighted by Crippen LogP contribution is 2.32. The molecule has 0 bridgehead atoms. The van der Waals surface area contributed by atoms with Gasteiger partial charge in [0.25, 0.3) is 0 Å². The molecule has 0 aliphatic carbocycles. The van der Waals surface area contributed by atoms with Crippen molar-refractivity contribution < 1.29 is 22.7 Å². The van der Waals surface area contributed by atoms with E-state index in [2.05, 4.69) is 27.5 Å². The predicted molar refractivity (Wildman–Crippen MR) is 142 cm³/mol. The van der Waals surface area contributed by atoms with Crippen LogP contribution in [0, 0.1) is 0 Å². The molecule has 1 atom stereocenters. The van der Waals surface area contributed by atoms with E-state index in [9.17, 15) is 18.0 Å².